The van der Waals surface area contributed by atoms with Crippen LogP contribution in [0.15, 0.2) is 48.8 Å². The van der Waals surface area contributed by atoms with Crippen LogP contribution in [0.1, 0.15) is 31.0 Å². The Morgan fingerprint density at radius 1 is 1.16 bits per heavy atom. The van der Waals surface area contributed by atoms with Crippen LogP contribution in [-0.4, -0.2) is 11.6 Å². The number of hydrogen-bond acceptors (Lipinski definition) is 3. The predicted molar refractivity (Wildman–Crippen MR) is 77.1 cm³/mol. The number of nitrogens with one attached hydrogen (secondary N) is 1. The largest absolute Gasteiger partial charge is 0.494 e. The standard InChI is InChI=1S/C16H20N2O/c1-3-19-16-7-5-4-6-15(16)13(2)18-12-14-8-10-17-11-9-14/h4-11,13,18H,3,12H2,1-2H3. The normalized spacial score (nSPS) is 12.1. The van der Waals surface area contributed by atoms with Gasteiger partial charge >= 0.3 is 0 Å². The SMILES string of the molecule is CCOc1ccccc1C(C)NCc1ccncc1. The minimum Gasteiger partial charge on any atom is -0.494 e. The van der Waals surface area contributed by atoms with Crippen LogP contribution in [-0.2, 0) is 6.54 Å². The number of pyridine rings is 1. The van der Waals surface area contributed by atoms with Gasteiger partial charge in [-0.15, -0.1) is 0 Å². The van der Waals surface area contributed by atoms with Gasteiger partial charge in [-0.3, -0.25) is 4.98 Å². The van der Waals surface area contributed by atoms with Crippen molar-refractivity contribution in [3.63, 3.8) is 0 Å². The molecule has 3 nitrogen and oxygen atoms in total. The van der Waals surface area contributed by atoms with Crippen molar-refractivity contribution in [3.05, 3.63) is 59.9 Å². The molecule has 2 rings (SSSR count). The third kappa shape index (κ3) is 3.80. The molecule has 0 fully saturated rings. The summed E-state index contributed by atoms with van der Waals surface area (Å²) < 4.78 is 5.66. The van der Waals surface area contributed by atoms with E-state index in [1.54, 1.807) is 0 Å². The summed E-state index contributed by atoms with van der Waals surface area (Å²) in [5.41, 5.74) is 2.43. The highest BCUT2D eigenvalue weighted by Gasteiger charge is 2.10. The average Bonchev–Trinajstić information content (AvgIpc) is 2.47. The van der Waals surface area contributed by atoms with Gasteiger partial charge in [0.2, 0.25) is 0 Å². The fraction of sp³-hybridized carbons (Fsp3) is 0.312. The van der Waals surface area contributed by atoms with Gasteiger partial charge in [-0.2, -0.15) is 0 Å². The monoisotopic (exact) mass is 256 g/mol. The van der Waals surface area contributed by atoms with Crippen molar-refractivity contribution in [2.75, 3.05) is 6.61 Å². The Hall–Kier alpha value is -1.87. The van der Waals surface area contributed by atoms with Crippen LogP contribution in [0.3, 0.4) is 0 Å². The van der Waals surface area contributed by atoms with Crippen LogP contribution in [0.4, 0.5) is 0 Å². The zero-order valence-corrected chi connectivity index (χ0v) is 11.5. The van der Waals surface area contributed by atoms with E-state index in [4.69, 9.17) is 4.74 Å². The van der Waals surface area contributed by atoms with E-state index >= 15 is 0 Å². The topological polar surface area (TPSA) is 34.1 Å². The summed E-state index contributed by atoms with van der Waals surface area (Å²) in [5.74, 6) is 0.958. The van der Waals surface area contributed by atoms with E-state index in [0.717, 1.165) is 12.3 Å². The molecule has 0 aliphatic carbocycles. The van der Waals surface area contributed by atoms with Crippen LogP contribution >= 0.6 is 0 Å². The van der Waals surface area contributed by atoms with Crippen LogP contribution in [0.2, 0.25) is 0 Å². The smallest absolute Gasteiger partial charge is 0.124 e. The van der Waals surface area contributed by atoms with Crippen LogP contribution < -0.4 is 10.1 Å². The third-order valence-electron chi connectivity index (χ3n) is 3.05. The highest BCUT2D eigenvalue weighted by atomic mass is 16.5. The quantitative estimate of drug-likeness (QED) is 0.860. The maximum atomic E-state index is 5.66. The van der Waals surface area contributed by atoms with E-state index in [2.05, 4.69) is 23.3 Å². The minimum absolute atomic E-state index is 0.246. The second-order valence-corrected chi connectivity index (χ2v) is 4.43. The van der Waals surface area contributed by atoms with Crippen molar-refractivity contribution in [2.45, 2.75) is 26.4 Å². The fourth-order valence-electron chi connectivity index (χ4n) is 2.01. The van der Waals surface area contributed by atoms with Crippen molar-refractivity contribution < 1.29 is 4.74 Å². The summed E-state index contributed by atoms with van der Waals surface area (Å²) in [7, 11) is 0. The molecule has 1 atom stereocenters. The molecular weight excluding hydrogens is 236 g/mol. The molecule has 0 radical (unpaired) electrons. The van der Waals surface area contributed by atoms with Gasteiger partial charge in [0.15, 0.2) is 0 Å². The highest BCUT2D eigenvalue weighted by Crippen LogP contribution is 2.24. The molecule has 0 spiro atoms. The number of para-hydroxylation sites is 1. The summed E-state index contributed by atoms with van der Waals surface area (Å²) in [6.07, 6.45) is 3.63. The summed E-state index contributed by atoms with van der Waals surface area (Å²) in [6.45, 7) is 5.67. The molecule has 0 saturated heterocycles. The number of hydrogen-bond donors (Lipinski definition) is 1. The number of ether oxygens (including phenoxy) is 1. The molecule has 1 aromatic carbocycles. The summed E-state index contributed by atoms with van der Waals surface area (Å²) >= 11 is 0. The summed E-state index contributed by atoms with van der Waals surface area (Å²) in [6, 6.07) is 12.5. The Kier molecular flexibility index (Phi) is 4.93. The zero-order valence-electron chi connectivity index (χ0n) is 11.5. The molecule has 0 bridgehead atoms. The summed E-state index contributed by atoms with van der Waals surface area (Å²) in [4.78, 5) is 4.02. The zero-order chi connectivity index (χ0) is 13.5. The molecule has 3 heteroatoms. The van der Waals surface area contributed by atoms with Crippen molar-refractivity contribution in [2.24, 2.45) is 0 Å². The first-order valence-corrected chi connectivity index (χ1v) is 6.65. The van der Waals surface area contributed by atoms with E-state index in [-0.39, 0.29) is 6.04 Å². The van der Waals surface area contributed by atoms with Crippen LogP contribution in [0.25, 0.3) is 0 Å². The van der Waals surface area contributed by atoms with E-state index in [0.29, 0.717) is 6.61 Å². The maximum Gasteiger partial charge on any atom is 0.124 e. The lowest BCUT2D eigenvalue weighted by Crippen LogP contribution is -2.18. The van der Waals surface area contributed by atoms with Gasteiger partial charge in [0.05, 0.1) is 6.61 Å². The Balaban J connectivity index is 2.01. The second kappa shape index (κ2) is 6.90. The van der Waals surface area contributed by atoms with Gasteiger partial charge in [-0.1, -0.05) is 18.2 Å². The van der Waals surface area contributed by atoms with Gasteiger partial charge in [-0.25, -0.2) is 0 Å². The van der Waals surface area contributed by atoms with Gasteiger partial charge in [0, 0.05) is 30.5 Å². The molecule has 1 aromatic heterocycles. The Labute approximate surface area is 114 Å². The number of aromatic nitrogens is 1. The number of rotatable bonds is 6. The minimum atomic E-state index is 0.246. The lowest BCUT2D eigenvalue weighted by molar-refractivity contribution is 0.332. The van der Waals surface area contributed by atoms with Crippen molar-refractivity contribution in [1.82, 2.24) is 10.3 Å². The molecule has 1 unspecified atom stereocenters. The average molecular weight is 256 g/mol. The van der Waals surface area contributed by atoms with Crippen LogP contribution in [0, 0.1) is 0 Å². The first-order chi connectivity index (χ1) is 9.31. The molecular formula is C16H20N2O. The Morgan fingerprint density at radius 3 is 2.63 bits per heavy atom. The fourth-order valence-corrected chi connectivity index (χ4v) is 2.01. The summed E-state index contributed by atoms with van der Waals surface area (Å²) in [5, 5.41) is 3.51. The Bertz CT molecular complexity index is 499. The van der Waals surface area contributed by atoms with Crippen molar-refractivity contribution in [3.8, 4) is 5.75 Å². The van der Waals surface area contributed by atoms with E-state index < -0.39 is 0 Å². The van der Waals surface area contributed by atoms with Gasteiger partial charge in [0.1, 0.15) is 5.75 Å². The molecule has 1 N–H and O–H groups in total. The van der Waals surface area contributed by atoms with Gasteiger partial charge in [-0.05, 0) is 37.6 Å². The molecule has 19 heavy (non-hydrogen) atoms. The molecule has 100 valence electrons. The van der Waals surface area contributed by atoms with Crippen molar-refractivity contribution >= 4 is 0 Å². The maximum absolute atomic E-state index is 5.66. The second-order valence-electron chi connectivity index (χ2n) is 4.43. The number of nitrogens with zero attached hydrogens (tertiary/aromatic N) is 1. The first kappa shape index (κ1) is 13.6. The molecule has 0 amide bonds. The number of benzene rings is 1. The Morgan fingerprint density at radius 2 is 1.89 bits per heavy atom. The van der Waals surface area contributed by atoms with E-state index in [9.17, 15) is 0 Å². The molecule has 2 aromatic rings. The van der Waals surface area contributed by atoms with Crippen LogP contribution in [0.5, 0.6) is 5.75 Å². The van der Waals surface area contributed by atoms with E-state index in [1.807, 2.05) is 49.6 Å². The molecule has 0 aliphatic rings. The molecule has 1 heterocycles. The lowest BCUT2D eigenvalue weighted by Gasteiger charge is -2.18. The third-order valence-corrected chi connectivity index (χ3v) is 3.05. The first-order valence-electron chi connectivity index (χ1n) is 6.65. The molecule has 0 aliphatic heterocycles. The molecule has 0 saturated carbocycles. The van der Waals surface area contributed by atoms with Gasteiger partial charge in [0.25, 0.3) is 0 Å². The lowest BCUT2D eigenvalue weighted by atomic mass is 10.1. The highest BCUT2D eigenvalue weighted by molar-refractivity contribution is 5.35. The predicted octanol–water partition coefficient (Wildman–Crippen LogP) is 3.33. The van der Waals surface area contributed by atoms with Crippen molar-refractivity contribution in [1.29, 1.82) is 0 Å². The van der Waals surface area contributed by atoms with Gasteiger partial charge < -0.3 is 10.1 Å². The van der Waals surface area contributed by atoms with E-state index in [1.165, 1.54) is 11.1 Å².